The predicted octanol–water partition coefficient (Wildman–Crippen LogP) is -0.291. The second-order valence-corrected chi connectivity index (χ2v) is 5.47. The summed E-state index contributed by atoms with van der Waals surface area (Å²) in [5, 5.41) is 18.9. The zero-order chi connectivity index (χ0) is 16.3. The van der Waals surface area contributed by atoms with Crippen molar-refractivity contribution in [1.82, 2.24) is 9.13 Å². The van der Waals surface area contributed by atoms with Gasteiger partial charge in [0.25, 0.3) is 5.56 Å². The van der Waals surface area contributed by atoms with Gasteiger partial charge in [0.2, 0.25) is 0 Å². The number of aliphatic hydroxyl groups excluding tert-OH is 2. The lowest BCUT2D eigenvalue weighted by molar-refractivity contribution is -0.0464. The van der Waals surface area contributed by atoms with Gasteiger partial charge in [0.1, 0.15) is 12.3 Å². The van der Waals surface area contributed by atoms with E-state index in [1.54, 1.807) is 6.92 Å². The molecule has 0 radical (unpaired) electrons. The summed E-state index contributed by atoms with van der Waals surface area (Å²) in [6.45, 7) is 0.882. The third kappa shape index (κ3) is 3.29. The smallest absolute Gasteiger partial charge is 0.333 e. The maximum Gasteiger partial charge on any atom is 0.333 e. The molecule has 22 heavy (non-hydrogen) atoms. The molecule has 1 aromatic rings. The lowest BCUT2D eigenvalue weighted by Gasteiger charge is -2.17. The van der Waals surface area contributed by atoms with Crippen molar-refractivity contribution < 1.29 is 19.3 Å². The van der Waals surface area contributed by atoms with Crippen LogP contribution >= 0.6 is 0 Å². The van der Waals surface area contributed by atoms with Crippen molar-refractivity contribution in [2.24, 2.45) is 0 Å². The highest BCUT2D eigenvalue weighted by Crippen LogP contribution is 2.27. The Morgan fingerprint density at radius 2 is 2.14 bits per heavy atom. The molecule has 0 amide bonds. The molecule has 2 rings (SSSR count). The first kappa shape index (κ1) is 16.9. The molecule has 0 aliphatic carbocycles. The Hall–Kier alpha value is -1.51. The van der Waals surface area contributed by atoms with Crippen molar-refractivity contribution in [3.8, 4) is 0 Å². The van der Waals surface area contributed by atoms with Crippen LogP contribution in [0.2, 0.25) is 0 Å². The van der Waals surface area contributed by atoms with Gasteiger partial charge in [-0.25, -0.2) is 4.79 Å². The van der Waals surface area contributed by atoms with Crippen LogP contribution in [0.1, 0.15) is 31.1 Å². The van der Waals surface area contributed by atoms with E-state index in [1.165, 1.54) is 10.8 Å². The van der Waals surface area contributed by atoms with E-state index < -0.39 is 36.4 Å². The van der Waals surface area contributed by atoms with Gasteiger partial charge in [-0.2, -0.15) is 0 Å². The zero-order valence-corrected chi connectivity index (χ0v) is 12.4. The molecular weight excluding hydrogens is 295 g/mol. The SMILES string of the molecule is Cc1cn([C@H]2C[C@H](O)[C@@H](CO)O2)c(=O)n(CCCC[19F])c1=O. The molecule has 0 spiro atoms. The first-order chi connectivity index (χ1) is 10.5. The third-order valence-electron chi connectivity index (χ3n) is 3.83. The number of alkyl halides is 1. The molecule has 1 saturated heterocycles. The standard InChI is InChI=1S/C14H21FN2O5/c1-9-7-17(12-6-10(19)11(8-18)22-12)14(21)16(13(9)20)5-3-2-4-15/h7,10-12,18-19H,2-6,8H2,1H3/t10-,11+,12+/m0/s1/i15+0. The molecule has 124 valence electrons. The molecule has 0 saturated carbocycles. The Morgan fingerprint density at radius 3 is 2.73 bits per heavy atom. The van der Waals surface area contributed by atoms with Gasteiger partial charge < -0.3 is 14.9 Å². The first-order valence-corrected chi connectivity index (χ1v) is 7.32. The molecule has 1 aromatic heterocycles. The maximum absolute atomic E-state index is 12.4. The van der Waals surface area contributed by atoms with Crippen molar-refractivity contribution in [2.45, 2.75) is 51.2 Å². The largest absolute Gasteiger partial charge is 0.394 e. The third-order valence-corrected chi connectivity index (χ3v) is 3.83. The number of rotatable bonds is 6. The van der Waals surface area contributed by atoms with Crippen molar-refractivity contribution in [3.63, 3.8) is 0 Å². The highest BCUT2D eigenvalue weighted by molar-refractivity contribution is 5.04. The second-order valence-electron chi connectivity index (χ2n) is 5.47. The molecule has 7 nitrogen and oxygen atoms in total. The van der Waals surface area contributed by atoms with Crippen molar-refractivity contribution in [3.05, 3.63) is 32.6 Å². The van der Waals surface area contributed by atoms with E-state index in [1.807, 2.05) is 0 Å². The van der Waals surface area contributed by atoms with E-state index in [0.717, 1.165) is 4.57 Å². The van der Waals surface area contributed by atoms with Crippen molar-refractivity contribution in [1.29, 1.82) is 0 Å². The molecule has 1 aliphatic rings. The first-order valence-electron chi connectivity index (χ1n) is 7.32. The second kappa shape index (κ2) is 7.17. The number of nitrogens with zero attached hydrogens (tertiary/aromatic N) is 2. The van der Waals surface area contributed by atoms with Gasteiger partial charge in [-0.05, 0) is 19.8 Å². The monoisotopic (exact) mass is 316 g/mol. The predicted molar refractivity (Wildman–Crippen MR) is 76.5 cm³/mol. The van der Waals surface area contributed by atoms with Gasteiger partial charge in [0.05, 0.1) is 19.4 Å². The number of unbranched alkanes of at least 4 members (excludes halogenated alkanes) is 1. The van der Waals surface area contributed by atoms with Crippen LogP contribution in [0.3, 0.4) is 0 Å². The topological polar surface area (TPSA) is 93.7 Å². The highest BCUT2D eigenvalue weighted by Gasteiger charge is 2.35. The Balaban J connectivity index is 2.33. The zero-order valence-electron chi connectivity index (χ0n) is 12.4. The van der Waals surface area contributed by atoms with Gasteiger partial charge in [0, 0.05) is 24.7 Å². The number of hydrogen-bond donors (Lipinski definition) is 2. The van der Waals surface area contributed by atoms with Crippen LogP contribution in [0.4, 0.5) is 4.39 Å². The Kier molecular flexibility index (Phi) is 5.49. The van der Waals surface area contributed by atoms with Crippen LogP contribution in [0.25, 0.3) is 0 Å². The van der Waals surface area contributed by atoms with Crippen LogP contribution in [0, 0.1) is 6.92 Å². The molecule has 0 unspecified atom stereocenters. The lowest BCUT2D eigenvalue weighted by Crippen LogP contribution is -2.42. The number of halogens is 1. The van der Waals surface area contributed by atoms with Gasteiger partial charge in [0.15, 0.2) is 0 Å². The Bertz CT molecular complexity index is 627. The molecule has 8 heteroatoms. The average Bonchev–Trinajstić information content (AvgIpc) is 2.87. The number of aliphatic hydroxyl groups is 2. The Labute approximate surface area is 126 Å². The van der Waals surface area contributed by atoms with Gasteiger partial charge in [-0.3, -0.25) is 18.3 Å². The normalized spacial score (nSPS) is 24.8. The summed E-state index contributed by atoms with van der Waals surface area (Å²) >= 11 is 0. The number of ether oxygens (including phenoxy) is 1. The molecule has 1 aliphatic heterocycles. The number of aromatic nitrogens is 2. The summed E-state index contributed by atoms with van der Waals surface area (Å²) in [5.41, 5.74) is -0.590. The van der Waals surface area contributed by atoms with E-state index in [0.29, 0.717) is 12.0 Å². The summed E-state index contributed by atoms with van der Waals surface area (Å²) in [6.07, 6.45) is -0.113. The molecule has 3 atom stereocenters. The van der Waals surface area contributed by atoms with Gasteiger partial charge in [-0.15, -0.1) is 0 Å². The van der Waals surface area contributed by atoms with Gasteiger partial charge >= 0.3 is 5.69 Å². The van der Waals surface area contributed by atoms with Crippen LogP contribution in [0.15, 0.2) is 15.8 Å². The Morgan fingerprint density at radius 1 is 1.41 bits per heavy atom. The van der Waals surface area contributed by atoms with Crippen molar-refractivity contribution >= 4 is 0 Å². The van der Waals surface area contributed by atoms with E-state index in [4.69, 9.17) is 9.84 Å². The van der Waals surface area contributed by atoms with Crippen LogP contribution in [0.5, 0.6) is 0 Å². The van der Waals surface area contributed by atoms with Crippen molar-refractivity contribution in [2.75, 3.05) is 13.3 Å². The fourth-order valence-electron chi connectivity index (χ4n) is 2.58. The molecular formula is C14H21FN2O5. The molecule has 1 fully saturated rings. The molecule has 0 bridgehead atoms. The minimum absolute atomic E-state index is 0.141. The molecule has 2 N–H and O–H groups in total. The molecule has 0 aromatic carbocycles. The van der Waals surface area contributed by atoms with Crippen LogP contribution in [-0.2, 0) is 11.3 Å². The average molecular weight is 316 g/mol. The quantitative estimate of drug-likeness (QED) is 0.703. The van der Waals surface area contributed by atoms with E-state index in [9.17, 15) is 19.1 Å². The summed E-state index contributed by atoms with van der Waals surface area (Å²) in [5.74, 6) is 0. The lowest BCUT2D eigenvalue weighted by atomic mass is 10.2. The summed E-state index contributed by atoms with van der Waals surface area (Å²) in [6, 6.07) is 0. The number of aryl methyl sites for hydroxylation is 1. The summed E-state index contributed by atoms with van der Waals surface area (Å²) in [7, 11) is 0. The highest BCUT2D eigenvalue weighted by atomic mass is 19.1. The van der Waals surface area contributed by atoms with Crippen LogP contribution < -0.4 is 11.2 Å². The minimum atomic E-state index is -0.867. The maximum atomic E-state index is 12.4. The van der Waals surface area contributed by atoms with Gasteiger partial charge in [-0.1, -0.05) is 0 Å². The minimum Gasteiger partial charge on any atom is -0.394 e. The van der Waals surface area contributed by atoms with E-state index >= 15 is 0 Å². The molecule has 2 heterocycles. The summed E-state index contributed by atoms with van der Waals surface area (Å²) in [4.78, 5) is 24.5. The van der Waals surface area contributed by atoms with Crippen LogP contribution in [-0.4, -0.2) is 44.8 Å². The van der Waals surface area contributed by atoms with E-state index in [2.05, 4.69) is 0 Å². The summed E-state index contributed by atoms with van der Waals surface area (Å²) < 4.78 is 20.0. The van der Waals surface area contributed by atoms with E-state index in [-0.39, 0.29) is 26.0 Å². The fraction of sp³-hybridized carbons (Fsp3) is 0.714. The fourth-order valence-corrected chi connectivity index (χ4v) is 2.58. The number of hydrogen-bond acceptors (Lipinski definition) is 5.